The third-order valence-electron chi connectivity index (χ3n) is 4.99. The molecule has 0 aliphatic carbocycles. The third-order valence-corrected chi connectivity index (χ3v) is 5.22. The number of amides is 1. The van der Waals surface area contributed by atoms with E-state index in [1.54, 1.807) is 12.1 Å². The highest BCUT2D eigenvalue weighted by Crippen LogP contribution is 2.33. The zero-order valence-electron chi connectivity index (χ0n) is 15.1. The number of aryl methyl sites for hydroxylation is 1. The van der Waals surface area contributed by atoms with Crippen molar-refractivity contribution in [3.8, 4) is 11.4 Å². The van der Waals surface area contributed by atoms with Crippen LogP contribution in [-0.2, 0) is 11.2 Å². The van der Waals surface area contributed by atoms with Crippen LogP contribution >= 0.6 is 11.6 Å². The van der Waals surface area contributed by atoms with Crippen molar-refractivity contribution in [1.82, 2.24) is 15.0 Å². The number of hydrogen-bond donors (Lipinski definition) is 0. The number of carbonyl (C=O) groups is 1. The number of nitrogens with zero attached hydrogens (tertiary/aromatic N) is 3. The summed E-state index contributed by atoms with van der Waals surface area (Å²) in [7, 11) is 0. The molecular formula is C21H20ClN3O2. The van der Waals surface area contributed by atoms with Gasteiger partial charge in [0.05, 0.1) is 6.42 Å². The molecule has 27 heavy (non-hydrogen) atoms. The second kappa shape index (κ2) is 7.53. The van der Waals surface area contributed by atoms with Gasteiger partial charge in [-0.05, 0) is 43.0 Å². The van der Waals surface area contributed by atoms with E-state index >= 15 is 0 Å². The molecule has 1 aromatic heterocycles. The normalized spacial score (nSPS) is 16.7. The molecule has 2 heterocycles. The zero-order valence-corrected chi connectivity index (χ0v) is 15.8. The fourth-order valence-electron chi connectivity index (χ4n) is 3.51. The van der Waals surface area contributed by atoms with Gasteiger partial charge in [0.2, 0.25) is 17.6 Å². The van der Waals surface area contributed by atoms with Crippen LogP contribution in [0.4, 0.5) is 0 Å². The summed E-state index contributed by atoms with van der Waals surface area (Å²) in [6, 6.07) is 15.1. The molecule has 1 aliphatic heterocycles. The van der Waals surface area contributed by atoms with Gasteiger partial charge >= 0.3 is 0 Å². The fourth-order valence-corrected chi connectivity index (χ4v) is 3.70. The minimum atomic E-state index is -0.165. The summed E-state index contributed by atoms with van der Waals surface area (Å²) >= 11 is 6.04. The second-order valence-corrected chi connectivity index (χ2v) is 7.25. The first-order valence-electron chi connectivity index (χ1n) is 9.05. The molecule has 3 aromatic rings. The Morgan fingerprint density at radius 3 is 2.93 bits per heavy atom. The Kier molecular flexibility index (Phi) is 4.94. The molecule has 0 spiro atoms. The lowest BCUT2D eigenvalue weighted by atomic mass is 10.1. The van der Waals surface area contributed by atoms with Gasteiger partial charge < -0.3 is 9.42 Å². The molecule has 4 rings (SSSR count). The number of aromatic nitrogens is 2. The maximum absolute atomic E-state index is 12.9. The zero-order chi connectivity index (χ0) is 18.8. The molecule has 1 fully saturated rings. The summed E-state index contributed by atoms with van der Waals surface area (Å²) in [5.74, 6) is 1.07. The molecule has 138 valence electrons. The first kappa shape index (κ1) is 17.7. The van der Waals surface area contributed by atoms with Crippen LogP contribution in [0.2, 0.25) is 5.02 Å². The van der Waals surface area contributed by atoms with Crippen LogP contribution in [0.25, 0.3) is 11.4 Å². The Balaban J connectivity index is 1.53. The topological polar surface area (TPSA) is 59.2 Å². The Labute approximate surface area is 163 Å². The summed E-state index contributed by atoms with van der Waals surface area (Å²) in [4.78, 5) is 19.3. The van der Waals surface area contributed by atoms with Crippen molar-refractivity contribution in [2.24, 2.45) is 0 Å². The predicted octanol–water partition coefficient (Wildman–Crippen LogP) is 4.60. The number of carbonyl (C=O) groups excluding carboxylic acids is 1. The number of likely N-dealkylation sites (tertiary alicyclic amines) is 1. The number of rotatable bonds is 4. The van der Waals surface area contributed by atoms with Crippen molar-refractivity contribution < 1.29 is 9.32 Å². The third kappa shape index (κ3) is 3.74. The molecule has 1 amide bonds. The molecule has 0 radical (unpaired) electrons. The van der Waals surface area contributed by atoms with Crippen molar-refractivity contribution in [2.45, 2.75) is 32.2 Å². The standard InChI is InChI=1S/C21H20ClN3O2/c1-14-6-2-3-7-15(14)13-19(26)25-11-5-10-18(25)21-23-20(24-27-21)16-8-4-9-17(22)12-16/h2-4,6-9,12,18H,5,10-11,13H2,1H3/t18-/m0/s1. The van der Waals surface area contributed by atoms with Gasteiger partial charge in [-0.2, -0.15) is 4.98 Å². The van der Waals surface area contributed by atoms with Gasteiger partial charge in [-0.1, -0.05) is 53.2 Å². The lowest BCUT2D eigenvalue weighted by Crippen LogP contribution is -2.32. The highest BCUT2D eigenvalue weighted by atomic mass is 35.5. The van der Waals surface area contributed by atoms with Gasteiger partial charge in [-0.25, -0.2) is 0 Å². The van der Waals surface area contributed by atoms with Gasteiger partial charge in [0, 0.05) is 17.1 Å². The summed E-state index contributed by atoms with van der Waals surface area (Å²) < 4.78 is 5.50. The summed E-state index contributed by atoms with van der Waals surface area (Å²) in [6.07, 6.45) is 2.15. The van der Waals surface area contributed by atoms with Crippen LogP contribution in [0.1, 0.15) is 35.9 Å². The van der Waals surface area contributed by atoms with Crippen LogP contribution in [0.5, 0.6) is 0 Å². The minimum Gasteiger partial charge on any atom is -0.337 e. The minimum absolute atomic E-state index is 0.0919. The number of hydrogen-bond acceptors (Lipinski definition) is 4. The van der Waals surface area contributed by atoms with E-state index in [-0.39, 0.29) is 11.9 Å². The van der Waals surface area contributed by atoms with Crippen molar-refractivity contribution in [3.63, 3.8) is 0 Å². The molecule has 0 unspecified atom stereocenters. The molecule has 6 heteroatoms. The smallest absolute Gasteiger partial charge is 0.249 e. The lowest BCUT2D eigenvalue weighted by Gasteiger charge is -2.22. The van der Waals surface area contributed by atoms with E-state index in [9.17, 15) is 4.79 Å². The fraction of sp³-hybridized carbons (Fsp3) is 0.286. The van der Waals surface area contributed by atoms with Crippen molar-refractivity contribution in [3.05, 3.63) is 70.6 Å². The highest BCUT2D eigenvalue weighted by Gasteiger charge is 2.34. The maximum Gasteiger partial charge on any atom is 0.249 e. The summed E-state index contributed by atoms with van der Waals surface area (Å²) in [6.45, 7) is 2.74. The Morgan fingerprint density at radius 1 is 1.26 bits per heavy atom. The van der Waals surface area contributed by atoms with E-state index in [4.69, 9.17) is 16.1 Å². The first-order chi connectivity index (χ1) is 13.1. The average Bonchev–Trinajstić information content (AvgIpc) is 3.33. The average molecular weight is 382 g/mol. The van der Waals surface area contributed by atoms with Crippen LogP contribution < -0.4 is 0 Å². The predicted molar refractivity (Wildman–Crippen MR) is 103 cm³/mol. The molecule has 5 nitrogen and oxygen atoms in total. The highest BCUT2D eigenvalue weighted by molar-refractivity contribution is 6.30. The van der Waals surface area contributed by atoms with Gasteiger partial charge in [0.15, 0.2) is 0 Å². The Morgan fingerprint density at radius 2 is 2.11 bits per heavy atom. The van der Waals surface area contributed by atoms with E-state index in [1.807, 2.05) is 48.2 Å². The van der Waals surface area contributed by atoms with Crippen molar-refractivity contribution in [2.75, 3.05) is 6.54 Å². The van der Waals surface area contributed by atoms with Crippen LogP contribution in [-0.4, -0.2) is 27.5 Å². The van der Waals surface area contributed by atoms with E-state index < -0.39 is 0 Å². The van der Waals surface area contributed by atoms with Gasteiger partial charge in [0.1, 0.15) is 6.04 Å². The Bertz CT molecular complexity index is 969. The van der Waals surface area contributed by atoms with Gasteiger partial charge in [0.25, 0.3) is 0 Å². The van der Waals surface area contributed by atoms with E-state index in [2.05, 4.69) is 10.1 Å². The molecule has 0 N–H and O–H groups in total. The molecular weight excluding hydrogens is 362 g/mol. The first-order valence-corrected chi connectivity index (χ1v) is 9.43. The van der Waals surface area contributed by atoms with Gasteiger partial charge in [-0.15, -0.1) is 0 Å². The largest absolute Gasteiger partial charge is 0.337 e. The quantitative estimate of drug-likeness (QED) is 0.662. The molecule has 2 aromatic carbocycles. The molecule has 0 saturated carbocycles. The lowest BCUT2D eigenvalue weighted by molar-refractivity contribution is -0.131. The molecule has 1 aliphatic rings. The molecule has 1 saturated heterocycles. The van der Waals surface area contributed by atoms with Crippen molar-refractivity contribution >= 4 is 17.5 Å². The van der Waals surface area contributed by atoms with Crippen LogP contribution in [0.15, 0.2) is 53.1 Å². The van der Waals surface area contributed by atoms with Crippen LogP contribution in [0, 0.1) is 6.92 Å². The number of benzene rings is 2. The number of halogens is 1. The van der Waals surface area contributed by atoms with Crippen LogP contribution in [0.3, 0.4) is 0 Å². The van der Waals surface area contributed by atoms with E-state index in [0.717, 1.165) is 29.5 Å². The maximum atomic E-state index is 12.9. The monoisotopic (exact) mass is 381 g/mol. The molecule has 1 atom stereocenters. The van der Waals surface area contributed by atoms with Gasteiger partial charge in [-0.3, -0.25) is 4.79 Å². The molecule has 0 bridgehead atoms. The van der Waals surface area contributed by atoms with E-state index in [0.29, 0.717) is 29.7 Å². The SMILES string of the molecule is Cc1ccccc1CC(=O)N1CCC[C@H]1c1nc(-c2cccc(Cl)c2)no1. The Hall–Kier alpha value is -2.66. The summed E-state index contributed by atoms with van der Waals surface area (Å²) in [5.41, 5.74) is 2.98. The second-order valence-electron chi connectivity index (χ2n) is 6.81. The van der Waals surface area contributed by atoms with E-state index in [1.165, 1.54) is 0 Å². The summed E-state index contributed by atoms with van der Waals surface area (Å²) in [5, 5.41) is 4.70. The van der Waals surface area contributed by atoms with Crippen molar-refractivity contribution in [1.29, 1.82) is 0 Å².